The van der Waals surface area contributed by atoms with Crippen LogP contribution in [-0.2, 0) is 0 Å². The topological polar surface area (TPSA) is 25.0 Å². The average molecular weight is 199 g/mol. The van der Waals surface area contributed by atoms with Crippen molar-refractivity contribution in [3.63, 3.8) is 0 Å². The first kappa shape index (κ1) is 9.59. The maximum Gasteiger partial charge on any atom is 0.128 e. The van der Waals surface area contributed by atoms with Gasteiger partial charge >= 0.3 is 0 Å². The summed E-state index contributed by atoms with van der Waals surface area (Å²) in [6, 6.07) is 11.9. The number of benzene rings is 1. The molecule has 0 aliphatic heterocycles. The van der Waals surface area contributed by atoms with Crippen molar-refractivity contribution in [2.24, 2.45) is 0 Å². The second-order valence-corrected chi connectivity index (χ2v) is 3.23. The molecular formula is C13H13NO. The van der Waals surface area contributed by atoms with Crippen molar-refractivity contribution in [1.29, 1.82) is 0 Å². The first-order chi connectivity index (χ1) is 7.35. The Balaban J connectivity index is 2.48. The van der Waals surface area contributed by atoms with Crippen LogP contribution in [0.25, 0.3) is 17.3 Å². The van der Waals surface area contributed by atoms with Gasteiger partial charge in [-0.2, -0.15) is 0 Å². The molecule has 2 aromatic rings. The number of nitrogens with one attached hydrogen (secondary N) is 1. The molecule has 2 nitrogen and oxygen atoms in total. The lowest BCUT2D eigenvalue weighted by Crippen LogP contribution is -1.87. The molecule has 0 saturated heterocycles. The van der Waals surface area contributed by atoms with Gasteiger partial charge in [-0.1, -0.05) is 18.7 Å². The van der Waals surface area contributed by atoms with Gasteiger partial charge in [0.2, 0.25) is 0 Å². The van der Waals surface area contributed by atoms with E-state index in [1.165, 1.54) is 0 Å². The van der Waals surface area contributed by atoms with E-state index in [4.69, 9.17) is 4.74 Å². The van der Waals surface area contributed by atoms with Gasteiger partial charge in [0, 0.05) is 17.0 Å². The molecule has 0 bridgehead atoms. The maximum atomic E-state index is 5.30. The van der Waals surface area contributed by atoms with Crippen LogP contribution in [-0.4, -0.2) is 12.1 Å². The number of rotatable bonds is 3. The summed E-state index contributed by atoms with van der Waals surface area (Å²) < 4.78 is 5.30. The van der Waals surface area contributed by atoms with E-state index < -0.39 is 0 Å². The second-order valence-electron chi connectivity index (χ2n) is 3.23. The fraction of sp³-hybridized carbons (Fsp3) is 0.0769. The molecule has 0 fully saturated rings. The van der Waals surface area contributed by atoms with Crippen molar-refractivity contribution >= 4 is 6.08 Å². The standard InChI is InChI=1S/C13H13NO/c1-3-10-8-9-12(14-10)11-6-4-5-7-13(11)15-2/h3-9,14H,1H2,2H3. The van der Waals surface area contributed by atoms with Gasteiger partial charge in [-0.3, -0.25) is 0 Å². The highest BCUT2D eigenvalue weighted by atomic mass is 16.5. The van der Waals surface area contributed by atoms with Crippen molar-refractivity contribution < 1.29 is 4.74 Å². The van der Waals surface area contributed by atoms with Crippen LogP contribution in [0.15, 0.2) is 43.0 Å². The molecule has 0 aliphatic rings. The lowest BCUT2D eigenvalue weighted by Gasteiger charge is -2.05. The minimum absolute atomic E-state index is 0.870. The fourth-order valence-corrected chi connectivity index (χ4v) is 1.56. The molecular weight excluding hydrogens is 186 g/mol. The quantitative estimate of drug-likeness (QED) is 0.805. The Kier molecular flexibility index (Phi) is 2.59. The van der Waals surface area contributed by atoms with Crippen LogP contribution in [0.3, 0.4) is 0 Å². The number of hydrogen-bond donors (Lipinski definition) is 1. The highest BCUT2D eigenvalue weighted by Gasteiger charge is 2.05. The van der Waals surface area contributed by atoms with Crippen LogP contribution in [0.2, 0.25) is 0 Å². The number of hydrogen-bond acceptors (Lipinski definition) is 1. The zero-order valence-corrected chi connectivity index (χ0v) is 8.66. The number of aromatic amines is 1. The lowest BCUT2D eigenvalue weighted by molar-refractivity contribution is 0.416. The van der Waals surface area contributed by atoms with Gasteiger partial charge in [-0.05, 0) is 30.3 Å². The molecule has 0 aliphatic carbocycles. The summed E-state index contributed by atoms with van der Waals surface area (Å²) in [7, 11) is 1.68. The minimum Gasteiger partial charge on any atom is -0.496 e. The first-order valence-corrected chi connectivity index (χ1v) is 4.80. The Morgan fingerprint density at radius 3 is 2.67 bits per heavy atom. The van der Waals surface area contributed by atoms with Gasteiger partial charge in [0.1, 0.15) is 5.75 Å². The van der Waals surface area contributed by atoms with Crippen LogP contribution in [0, 0.1) is 0 Å². The minimum atomic E-state index is 0.870. The molecule has 2 heteroatoms. The normalized spacial score (nSPS) is 9.93. The second kappa shape index (κ2) is 4.05. The predicted octanol–water partition coefficient (Wildman–Crippen LogP) is 3.33. The van der Waals surface area contributed by atoms with Crippen LogP contribution in [0.5, 0.6) is 5.75 Å². The average Bonchev–Trinajstić information content (AvgIpc) is 2.77. The Bertz CT molecular complexity index is 471. The molecule has 0 atom stereocenters. The van der Waals surface area contributed by atoms with Crippen molar-refractivity contribution in [2.45, 2.75) is 0 Å². The summed E-state index contributed by atoms with van der Waals surface area (Å²) in [6.07, 6.45) is 1.79. The van der Waals surface area contributed by atoms with Crippen LogP contribution >= 0.6 is 0 Å². The number of aromatic nitrogens is 1. The van der Waals surface area contributed by atoms with E-state index in [9.17, 15) is 0 Å². The van der Waals surface area contributed by atoms with Gasteiger partial charge in [-0.15, -0.1) is 0 Å². The molecule has 1 aromatic carbocycles. The summed E-state index contributed by atoms with van der Waals surface area (Å²) in [5.74, 6) is 0.870. The van der Waals surface area contributed by atoms with E-state index in [2.05, 4.69) is 11.6 Å². The summed E-state index contributed by atoms with van der Waals surface area (Å²) in [4.78, 5) is 3.26. The molecule has 76 valence electrons. The Labute approximate surface area is 89.2 Å². The fourth-order valence-electron chi connectivity index (χ4n) is 1.56. The molecule has 0 unspecified atom stereocenters. The lowest BCUT2D eigenvalue weighted by atomic mass is 10.1. The molecule has 1 heterocycles. The largest absolute Gasteiger partial charge is 0.496 e. The summed E-state index contributed by atoms with van der Waals surface area (Å²) in [5.41, 5.74) is 3.12. The third-order valence-electron chi connectivity index (χ3n) is 2.33. The Morgan fingerprint density at radius 1 is 1.20 bits per heavy atom. The summed E-state index contributed by atoms with van der Waals surface area (Å²) in [6.45, 7) is 3.72. The Morgan fingerprint density at radius 2 is 2.00 bits per heavy atom. The molecule has 15 heavy (non-hydrogen) atoms. The summed E-state index contributed by atoms with van der Waals surface area (Å²) >= 11 is 0. The molecule has 0 spiro atoms. The number of H-pyrrole nitrogens is 1. The van der Waals surface area contributed by atoms with Gasteiger partial charge in [0.05, 0.1) is 7.11 Å². The molecule has 1 aromatic heterocycles. The smallest absolute Gasteiger partial charge is 0.128 e. The van der Waals surface area contributed by atoms with Crippen molar-refractivity contribution in [3.05, 3.63) is 48.7 Å². The number of methoxy groups -OCH3 is 1. The van der Waals surface area contributed by atoms with Crippen molar-refractivity contribution in [3.8, 4) is 17.0 Å². The summed E-state index contributed by atoms with van der Waals surface area (Å²) in [5, 5.41) is 0. The Hall–Kier alpha value is -1.96. The van der Waals surface area contributed by atoms with Crippen LogP contribution in [0.4, 0.5) is 0 Å². The van der Waals surface area contributed by atoms with Gasteiger partial charge in [0.15, 0.2) is 0 Å². The molecule has 2 rings (SSSR count). The van der Waals surface area contributed by atoms with E-state index in [0.29, 0.717) is 0 Å². The highest BCUT2D eigenvalue weighted by molar-refractivity contribution is 5.68. The monoisotopic (exact) mass is 199 g/mol. The number of ether oxygens (including phenoxy) is 1. The molecule has 0 amide bonds. The zero-order valence-electron chi connectivity index (χ0n) is 8.66. The zero-order chi connectivity index (χ0) is 10.7. The van der Waals surface area contributed by atoms with Crippen molar-refractivity contribution in [2.75, 3.05) is 7.11 Å². The van der Waals surface area contributed by atoms with E-state index in [1.54, 1.807) is 13.2 Å². The van der Waals surface area contributed by atoms with Crippen LogP contribution in [0.1, 0.15) is 5.69 Å². The van der Waals surface area contributed by atoms with E-state index in [1.807, 2.05) is 36.4 Å². The molecule has 0 radical (unpaired) electrons. The van der Waals surface area contributed by atoms with E-state index in [-0.39, 0.29) is 0 Å². The highest BCUT2D eigenvalue weighted by Crippen LogP contribution is 2.28. The third kappa shape index (κ3) is 1.79. The predicted molar refractivity (Wildman–Crippen MR) is 62.9 cm³/mol. The van der Waals surface area contributed by atoms with E-state index >= 15 is 0 Å². The third-order valence-corrected chi connectivity index (χ3v) is 2.33. The van der Waals surface area contributed by atoms with Crippen molar-refractivity contribution in [1.82, 2.24) is 4.98 Å². The van der Waals surface area contributed by atoms with Gasteiger partial charge in [0.25, 0.3) is 0 Å². The maximum absolute atomic E-state index is 5.30. The van der Waals surface area contributed by atoms with E-state index in [0.717, 1.165) is 22.7 Å². The molecule has 1 N–H and O–H groups in total. The first-order valence-electron chi connectivity index (χ1n) is 4.80. The van der Waals surface area contributed by atoms with Crippen LogP contribution < -0.4 is 4.74 Å². The molecule has 0 saturated carbocycles. The number of para-hydroxylation sites is 1. The SMILES string of the molecule is C=Cc1ccc(-c2ccccc2OC)[nH]1. The van der Waals surface area contributed by atoms with Gasteiger partial charge in [-0.25, -0.2) is 0 Å². The van der Waals surface area contributed by atoms with Gasteiger partial charge < -0.3 is 9.72 Å².